The molecule has 0 aromatic rings. The standard InChI is InChI=1S/C10H21NO3/c1-5-6-7-8-14-11(9(12)13)10(2,3)4/h5-8H2,1-4H3,(H,12,13). The third kappa shape index (κ3) is 5.07. The van der Waals surface area contributed by atoms with Gasteiger partial charge in [0.1, 0.15) is 0 Å². The SMILES string of the molecule is CCCCCON(C(=O)O)C(C)(C)C. The lowest BCUT2D eigenvalue weighted by Gasteiger charge is -2.31. The van der Waals surface area contributed by atoms with E-state index in [0.717, 1.165) is 24.3 Å². The summed E-state index contributed by atoms with van der Waals surface area (Å²) < 4.78 is 0. The topological polar surface area (TPSA) is 49.8 Å². The third-order valence-electron chi connectivity index (χ3n) is 1.75. The molecule has 0 fully saturated rings. The third-order valence-corrected chi connectivity index (χ3v) is 1.75. The van der Waals surface area contributed by atoms with Crippen molar-refractivity contribution in [1.29, 1.82) is 0 Å². The van der Waals surface area contributed by atoms with Crippen LogP contribution in [0.5, 0.6) is 0 Å². The lowest BCUT2D eigenvalue weighted by Crippen LogP contribution is -2.44. The Bertz CT molecular complexity index is 175. The summed E-state index contributed by atoms with van der Waals surface area (Å²) >= 11 is 0. The fourth-order valence-electron chi connectivity index (χ4n) is 1.04. The molecule has 0 unspecified atom stereocenters. The van der Waals surface area contributed by atoms with Gasteiger partial charge in [-0.1, -0.05) is 19.8 Å². The average Bonchev–Trinajstić information content (AvgIpc) is 2.01. The molecule has 0 aromatic carbocycles. The number of carbonyl (C=O) groups is 1. The monoisotopic (exact) mass is 203 g/mol. The molecule has 0 radical (unpaired) electrons. The number of hydrogen-bond donors (Lipinski definition) is 1. The number of carboxylic acid groups (broad SMARTS) is 1. The first-order valence-electron chi connectivity index (χ1n) is 5.05. The van der Waals surface area contributed by atoms with E-state index in [1.165, 1.54) is 0 Å². The number of nitrogens with zero attached hydrogens (tertiary/aromatic N) is 1. The van der Waals surface area contributed by atoms with Gasteiger partial charge in [0, 0.05) is 0 Å². The number of unbranched alkanes of at least 4 members (excludes halogenated alkanes) is 2. The van der Waals surface area contributed by atoms with Crippen LogP contribution in [0.2, 0.25) is 0 Å². The first-order chi connectivity index (χ1) is 6.39. The van der Waals surface area contributed by atoms with Gasteiger partial charge in [0.05, 0.1) is 12.1 Å². The maximum Gasteiger partial charge on any atom is 0.431 e. The Hall–Kier alpha value is -0.770. The van der Waals surface area contributed by atoms with E-state index in [1.54, 1.807) is 20.8 Å². The van der Waals surface area contributed by atoms with Crippen LogP contribution in [0.3, 0.4) is 0 Å². The molecule has 0 atom stereocenters. The van der Waals surface area contributed by atoms with Gasteiger partial charge in [-0.3, -0.25) is 4.84 Å². The number of amides is 1. The zero-order valence-corrected chi connectivity index (χ0v) is 9.54. The van der Waals surface area contributed by atoms with Crippen LogP contribution in [0.1, 0.15) is 47.0 Å². The maximum absolute atomic E-state index is 10.8. The summed E-state index contributed by atoms with van der Waals surface area (Å²) in [6.45, 7) is 7.99. The minimum atomic E-state index is -1.03. The molecule has 84 valence electrons. The van der Waals surface area contributed by atoms with Crippen molar-refractivity contribution in [2.45, 2.75) is 52.5 Å². The number of hydrogen-bond acceptors (Lipinski definition) is 2. The molecular weight excluding hydrogens is 182 g/mol. The van der Waals surface area contributed by atoms with E-state index in [2.05, 4.69) is 6.92 Å². The van der Waals surface area contributed by atoms with E-state index in [4.69, 9.17) is 9.94 Å². The van der Waals surface area contributed by atoms with Crippen molar-refractivity contribution >= 4 is 6.09 Å². The summed E-state index contributed by atoms with van der Waals surface area (Å²) in [5.41, 5.74) is -0.502. The van der Waals surface area contributed by atoms with Gasteiger partial charge in [0.25, 0.3) is 0 Å². The van der Waals surface area contributed by atoms with Gasteiger partial charge in [-0.15, -0.1) is 0 Å². The van der Waals surface area contributed by atoms with E-state index < -0.39 is 11.6 Å². The molecule has 0 bridgehead atoms. The van der Waals surface area contributed by atoms with Crippen LogP contribution in [-0.2, 0) is 4.84 Å². The van der Waals surface area contributed by atoms with E-state index in [1.807, 2.05) is 0 Å². The first-order valence-corrected chi connectivity index (χ1v) is 5.05. The van der Waals surface area contributed by atoms with Crippen molar-refractivity contribution in [2.24, 2.45) is 0 Å². The molecule has 0 aromatic heterocycles. The minimum absolute atomic E-state index is 0.470. The van der Waals surface area contributed by atoms with Crippen LogP contribution in [0, 0.1) is 0 Å². The summed E-state index contributed by atoms with van der Waals surface area (Å²) in [5, 5.41) is 9.88. The van der Waals surface area contributed by atoms with Gasteiger partial charge in [-0.05, 0) is 27.2 Å². The van der Waals surface area contributed by atoms with Crippen molar-refractivity contribution in [1.82, 2.24) is 5.06 Å². The highest BCUT2D eigenvalue weighted by molar-refractivity contribution is 5.64. The Balaban J connectivity index is 3.94. The number of hydroxylamine groups is 2. The molecule has 0 saturated heterocycles. The highest BCUT2D eigenvalue weighted by Gasteiger charge is 2.27. The molecule has 0 saturated carbocycles. The predicted octanol–water partition coefficient (Wildman–Crippen LogP) is 2.89. The number of rotatable bonds is 5. The Morgan fingerprint density at radius 1 is 1.36 bits per heavy atom. The zero-order valence-electron chi connectivity index (χ0n) is 9.54. The predicted molar refractivity (Wildman–Crippen MR) is 55.1 cm³/mol. The molecule has 1 amide bonds. The summed E-state index contributed by atoms with van der Waals surface area (Å²) in [6.07, 6.45) is 2.04. The molecular formula is C10H21NO3. The smallest absolute Gasteiger partial charge is 0.431 e. The lowest BCUT2D eigenvalue weighted by molar-refractivity contribution is -0.179. The van der Waals surface area contributed by atoms with Gasteiger partial charge in [0.15, 0.2) is 0 Å². The highest BCUT2D eigenvalue weighted by atomic mass is 16.7. The second kappa shape index (κ2) is 5.86. The van der Waals surface area contributed by atoms with Crippen LogP contribution < -0.4 is 0 Å². The van der Waals surface area contributed by atoms with E-state index in [9.17, 15) is 4.79 Å². The van der Waals surface area contributed by atoms with Gasteiger partial charge in [-0.2, -0.15) is 5.06 Å². The second-order valence-electron chi connectivity index (χ2n) is 4.29. The fraction of sp³-hybridized carbons (Fsp3) is 0.900. The Labute approximate surface area is 85.8 Å². The van der Waals surface area contributed by atoms with Gasteiger partial charge >= 0.3 is 6.09 Å². The molecule has 0 heterocycles. The van der Waals surface area contributed by atoms with Gasteiger partial charge in [-0.25, -0.2) is 4.79 Å². The van der Waals surface area contributed by atoms with Crippen LogP contribution in [0.4, 0.5) is 4.79 Å². The van der Waals surface area contributed by atoms with Crippen molar-refractivity contribution in [3.63, 3.8) is 0 Å². The summed E-state index contributed by atoms with van der Waals surface area (Å²) in [7, 11) is 0. The minimum Gasteiger partial charge on any atom is -0.463 e. The summed E-state index contributed by atoms with van der Waals surface area (Å²) in [4.78, 5) is 16.0. The molecule has 0 aliphatic carbocycles. The Morgan fingerprint density at radius 2 is 1.93 bits per heavy atom. The van der Waals surface area contributed by atoms with Crippen molar-refractivity contribution < 1.29 is 14.7 Å². The van der Waals surface area contributed by atoms with Gasteiger partial charge in [0.2, 0.25) is 0 Å². The molecule has 0 aliphatic rings. The normalized spacial score (nSPS) is 11.4. The molecule has 0 rings (SSSR count). The van der Waals surface area contributed by atoms with Gasteiger partial charge < -0.3 is 5.11 Å². The summed E-state index contributed by atoms with van der Waals surface area (Å²) in [6, 6.07) is 0. The molecule has 4 heteroatoms. The van der Waals surface area contributed by atoms with E-state index in [-0.39, 0.29) is 0 Å². The largest absolute Gasteiger partial charge is 0.463 e. The molecule has 4 nitrogen and oxygen atoms in total. The average molecular weight is 203 g/mol. The van der Waals surface area contributed by atoms with Crippen LogP contribution in [0.25, 0.3) is 0 Å². The van der Waals surface area contributed by atoms with Crippen molar-refractivity contribution in [2.75, 3.05) is 6.61 Å². The Kier molecular flexibility index (Phi) is 5.53. The molecule has 1 N–H and O–H groups in total. The van der Waals surface area contributed by atoms with E-state index >= 15 is 0 Å². The van der Waals surface area contributed by atoms with Crippen LogP contribution in [-0.4, -0.2) is 28.4 Å². The summed E-state index contributed by atoms with van der Waals surface area (Å²) in [5.74, 6) is 0. The highest BCUT2D eigenvalue weighted by Crippen LogP contribution is 2.14. The fourth-order valence-corrected chi connectivity index (χ4v) is 1.04. The quantitative estimate of drug-likeness (QED) is 0.552. The van der Waals surface area contributed by atoms with Crippen LogP contribution >= 0.6 is 0 Å². The molecule has 0 aliphatic heterocycles. The van der Waals surface area contributed by atoms with Crippen molar-refractivity contribution in [3.05, 3.63) is 0 Å². The second-order valence-corrected chi connectivity index (χ2v) is 4.29. The molecule has 14 heavy (non-hydrogen) atoms. The van der Waals surface area contributed by atoms with Crippen LogP contribution in [0.15, 0.2) is 0 Å². The lowest BCUT2D eigenvalue weighted by atomic mass is 10.1. The first kappa shape index (κ1) is 13.2. The Morgan fingerprint density at radius 3 is 2.29 bits per heavy atom. The van der Waals surface area contributed by atoms with Crippen molar-refractivity contribution in [3.8, 4) is 0 Å². The molecule has 0 spiro atoms. The maximum atomic E-state index is 10.8. The zero-order chi connectivity index (χ0) is 11.2. The van der Waals surface area contributed by atoms with E-state index in [0.29, 0.717) is 6.61 Å².